The lowest BCUT2D eigenvalue weighted by molar-refractivity contribution is -0.122. The molecule has 0 aliphatic heterocycles. The van der Waals surface area contributed by atoms with Gasteiger partial charge >= 0.3 is 0 Å². The van der Waals surface area contributed by atoms with Crippen LogP contribution in [0.2, 0.25) is 0 Å². The number of fused-ring (bicyclic) bond motifs is 6. The normalized spacial score (nSPS) is 46.9. The molecule has 29 heavy (non-hydrogen) atoms. The summed E-state index contributed by atoms with van der Waals surface area (Å²) in [5, 5.41) is 18.9. The molecule has 4 aliphatic rings. The first-order chi connectivity index (χ1) is 14.0. The quantitative estimate of drug-likeness (QED) is 0.620. The third kappa shape index (κ3) is 2.55. The van der Waals surface area contributed by atoms with E-state index in [4.69, 9.17) is 0 Å². The van der Waals surface area contributed by atoms with E-state index in [9.17, 15) is 5.11 Å². The number of hydrogen-bond acceptors (Lipinski definition) is 2. The van der Waals surface area contributed by atoms with Crippen molar-refractivity contribution in [1.29, 1.82) is 0 Å². The lowest BCUT2D eigenvalue weighted by Crippen LogP contribution is -2.53. The summed E-state index contributed by atoms with van der Waals surface area (Å²) in [6, 6.07) is 7.01. The number of rotatable bonds is 1. The molecule has 4 aliphatic carbocycles. The molecule has 3 nitrogen and oxygen atoms in total. The van der Waals surface area contributed by atoms with Crippen LogP contribution in [0.1, 0.15) is 83.1 Å². The van der Waals surface area contributed by atoms with Crippen molar-refractivity contribution in [3.63, 3.8) is 0 Å². The molecule has 0 bridgehead atoms. The van der Waals surface area contributed by atoms with E-state index in [1.165, 1.54) is 50.3 Å². The van der Waals surface area contributed by atoms with Gasteiger partial charge in [0.25, 0.3) is 0 Å². The Bertz CT molecular complexity index is 920. The number of hydrogen-bond donors (Lipinski definition) is 2. The van der Waals surface area contributed by atoms with E-state index in [0.29, 0.717) is 16.7 Å². The fourth-order valence-electron chi connectivity index (χ4n) is 8.96. The van der Waals surface area contributed by atoms with Crippen LogP contribution in [0, 0.1) is 34.5 Å². The van der Waals surface area contributed by atoms with E-state index in [-0.39, 0.29) is 6.10 Å². The van der Waals surface area contributed by atoms with Crippen molar-refractivity contribution < 1.29 is 5.11 Å². The average Bonchev–Trinajstić information content (AvgIpc) is 3.31. The van der Waals surface area contributed by atoms with Crippen LogP contribution in [0.5, 0.6) is 0 Å². The molecule has 156 valence electrons. The van der Waals surface area contributed by atoms with Crippen LogP contribution in [-0.2, 0) is 0 Å². The molecule has 1 heterocycles. The summed E-state index contributed by atoms with van der Waals surface area (Å²) in [4.78, 5) is 0. The smallest absolute Gasteiger partial charge is 0.0650 e. The van der Waals surface area contributed by atoms with Crippen molar-refractivity contribution in [2.24, 2.45) is 34.5 Å². The highest BCUT2D eigenvalue weighted by Gasteiger charge is 2.60. The Hall–Kier alpha value is -1.35. The predicted molar refractivity (Wildman–Crippen MR) is 117 cm³/mol. The van der Waals surface area contributed by atoms with Crippen LogP contribution < -0.4 is 0 Å². The Kier molecular flexibility index (Phi) is 4.02. The SMILES string of the molecule is C[C@]12CC[C@@H](O)C[C@@H]1CC[C@@H]1[C@@H]2CC[C@]2(C)[C@@H](c3ccc4[nH]ncc4c3)CC[C@@H]12. The molecule has 3 heteroatoms. The summed E-state index contributed by atoms with van der Waals surface area (Å²) in [6.07, 6.45) is 13.6. The van der Waals surface area contributed by atoms with E-state index < -0.39 is 0 Å². The van der Waals surface area contributed by atoms with Gasteiger partial charge in [-0.25, -0.2) is 0 Å². The predicted octanol–water partition coefficient (Wildman–Crippen LogP) is 6.05. The maximum Gasteiger partial charge on any atom is 0.0650 e. The van der Waals surface area contributed by atoms with E-state index in [1.54, 1.807) is 5.56 Å². The van der Waals surface area contributed by atoms with Gasteiger partial charge in [-0.15, -0.1) is 0 Å². The van der Waals surface area contributed by atoms with Crippen LogP contribution >= 0.6 is 0 Å². The molecule has 8 atom stereocenters. The summed E-state index contributed by atoms with van der Waals surface area (Å²) in [5.41, 5.74) is 3.64. The second-order valence-electron chi connectivity index (χ2n) is 11.5. The molecule has 1 aromatic carbocycles. The summed E-state index contributed by atoms with van der Waals surface area (Å²) in [5.74, 6) is 4.15. The topological polar surface area (TPSA) is 48.9 Å². The zero-order valence-electron chi connectivity index (χ0n) is 18.0. The van der Waals surface area contributed by atoms with Crippen molar-refractivity contribution in [1.82, 2.24) is 10.2 Å². The fraction of sp³-hybridized carbons (Fsp3) is 0.731. The van der Waals surface area contributed by atoms with Gasteiger partial charge in [-0.05, 0) is 116 Å². The Morgan fingerprint density at radius 1 is 0.966 bits per heavy atom. The summed E-state index contributed by atoms with van der Waals surface area (Å²) < 4.78 is 0. The van der Waals surface area contributed by atoms with Crippen molar-refractivity contribution in [2.75, 3.05) is 0 Å². The van der Waals surface area contributed by atoms with Gasteiger partial charge in [0.1, 0.15) is 0 Å². The van der Waals surface area contributed by atoms with Crippen LogP contribution in [0.15, 0.2) is 24.4 Å². The van der Waals surface area contributed by atoms with Gasteiger partial charge in [-0.2, -0.15) is 5.10 Å². The monoisotopic (exact) mass is 392 g/mol. The highest BCUT2D eigenvalue weighted by atomic mass is 16.3. The molecule has 4 saturated carbocycles. The number of aromatic amines is 1. The van der Waals surface area contributed by atoms with E-state index in [2.05, 4.69) is 42.2 Å². The molecule has 2 N–H and O–H groups in total. The molecule has 4 fully saturated rings. The molecule has 1 aromatic heterocycles. The van der Waals surface area contributed by atoms with Crippen molar-refractivity contribution in [2.45, 2.75) is 83.7 Å². The average molecular weight is 393 g/mol. The zero-order chi connectivity index (χ0) is 19.8. The van der Waals surface area contributed by atoms with Crippen LogP contribution in [-0.4, -0.2) is 21.4 Å². The van der Waals surface area contributed by atoms with Crippen molar-refractivity contribution >= 4 is 10.9 Å². The number of aliphatic hydroxyl groups is 1. The molecule has 0 radical (unpaired) electrons. The van der Waals surface area contributed by atoms with Gasteiger partial charge in [0, 0.05) is 5.39 Å². The third-order valence-electron chi connectivity index (χ3n) is 10.5. The second kappa shape index (κ2) is 6.33. The standard InChI is InChI=1S/C26H36N2O/c1-25-11-9-19(29)14-18(25)4-5-20-22-7-6-21(26(22,2)12-10-23(20)25)16-3-8-24-17(13-16)15-27-28-24/h3,8,13,15,18-23,29H,4-7,9-12,14H2,1-2H3,(H,27,28)/t18-,19+,20-,21+,22-,23-,25-,26+/m0/s1. The number of aromatic nitrogens is 2. The summed E-state index contributed by atoms with van der Waals surface area (Å²) in [7, 11) is 0. The van der Waals surface area contributed by atoms with Gasteiger partial charge in [-0.1, -0.05) is 19.9 Å². The van der Waals surface area contributed by atoms with Crippen LogP contribution in [0.4, 0.5) is 0 Å². The first-order valence-electron chi connectivity index (χ1n) is 12.1. The number of benzene rings is 1. The van der Waals surface area contributed by atoms with Crippen molar-refractivity contribution in [3.8, 4) is 0 Å². The molecular formula is C26H36N2O. The Morgan fingerprint density at radius 2 is 1.79 bits per heavy atom. The van der Waals surface area contributed by atoms with Crippen LogP contribution in [0.25, 0.3) is 10.9 Å². The molecule has 0 unspecified atom stereocenters. The third-order valence-corrected chi connectivity index (χ3v) is 10.5. The highest BCUT2D eigenvalue weighted by Crippen LogP contribution is 2.69. The second-order valence-corrected chi connectivity index (χ2v) is 11.5. The molecule has 0 spiro atoms. The fourth-order valence-corrected chi connectivity index (χ4v) is 8.96. The summed E-state index contributed by atoms with van der Waals surface area (Å²) in [6.45, 7) is 5.23. The number of aliphatic hydroxyl groups excluding tert-OH is 1. The minimum Gasteiger partial charge on any atom is -0.393 e. The number of H-pyrrole nitrogens is 1. The Morgan fingerprint density at radius 3 is 2.69 bits per heavy atom. The van der Waals surface area contributed by atoms with E-state index in [1.807, 2.05) is 6.20 Å². The Labute approximate surface area is 174 Å². The summed E-state index contributed by atoms with van der Waals surface area (Å²) >= 11 is 0. The first-order valence-corrected chi connectivity index (χ1v) is 12.1. The minimum atomic E-state index is -0.0350. The minimum absolute atomic E-state index is 0.0350. The molecular weight excluding hydrogens is 356 g/mol. The van der Waals surface area contributed by atoms with E-state index in [0.717, 1.165) is 42.0 Å². The zero-order valence-corrected chi connectivity index (χ0v) is 18.0. The lowest BCUT2D eigenvalue weighted by atomic mass is 9.44. The van der Waals surface area contributed by atoms with Gasteiger partial charge in [0.15, 0.2) is 0 Å². The highest BCUT2D eigenvalue weighted by molar-refractivity contribution is 5.78. The maximum absolute atomic E-state index is 10.3. The molecule has 6 rings (SSSR count). The van der Waals surface area contributed by atoms with Gasteiger partial charge < -0.3 is 5.11 Å². The molecule has 2 aromatic rings. The first kappa shape index (κ1) is 18.4. The molecule has 0 amide bonds. The number of nitrogens with one attached hydrogen (secondary N) is 1. The molecule has 0 saturated heterocycles. The Balaban J connectivity index is 1.31. The van der Waals surface area contributed by atoms with Gasteiger partial charge in [0.2, 0.25) is 0 Å². The van der Waals surface area contributed by atoms with Crippen molar-refractivity contribution in [3.05, 3.63) is 30.0 Å². The van der Waals surface area contributed by atoms with E-state index >= 15 is 0 Å². The van der Waals surface area contributed by atoms with Gasteiger partial charge in [0.05, 0.1) is 17.8 Å². The van der Waals surface area contributed by atoms with Crippen LogP contribution in [0.3, 0.4) is 0 Å². The van der Waals surface area contributed by atoms with Gasteiger partial charge in [-0.3, -0.25) is 5.10 Å². The number of nitrogens with zero attached hydrogens (tertiary/aromatic N) is 1. The lowest BCUT2D eigenvalue weighted by Gasteiger charge is -2.61. The maximum atomic E-state index is 10.3. The largest absolute Gasteiger partial charge is 0.393 e.